The van der Waals surface area contributed by atoms with Gasteiger partial charge >= 0.3 is 0 Å². The van der Waals surface area contributed by atoms with E-state index in [4.69, 9.17) is 16.6 Å². The lowest BCUT2D eigenvalue weighted by Gasteiger charge is -2.25. The van der Waals surface area contributed by atoms with E-state index >= 15 is 0 Å². The maximum atomic E-state index is 6.33. The molecule has 2 atom stereocenters. The molecule has 1 aromatic carbocycles. The van der Waals surface area contributed by atoms with Crippen LogP contribution in [0.25, 0.3) is 16.6 Å². The number of hydrogen-bond donors (Lipinski definition) is 0. The van der Waals surface area contributed by atoms with Crippen LogP contribution < -0.4 is 4.90 Å². The fraction of sp³-hybridized carbons (Fsp3) is 0.304. The maximum absolute atomic E-state index is 6.33. The zero-order chi connectivity index (χ0) is 19.4. The van der Waals surface area contributed by atoms with Gasteiger partial charge in [-0.25, -0.2) is 4.98 Å². The average Bonchev–Trinajstić information content (AvgIpc) is 3.24. The van der Waals surface area contributed by atoms with Gasteiger partial charge in [0.15, 0.2) is 5.65 Å². The minimum atomic E-state index is 0.446. The number of fused-ring (bicyclic) bond motifs is 4. The van der Waals surface area contributed by atoms with E-state index in [1.165, 1.54) is 16.6 Å². The number of imidazole rings is 1. The second kappa shape index (κ2) is 6.49. The predicted molar refractivity (Wildman–Crippen MR) is 116 cm³/mol. The number of hydrogen-bond acceptors (Lipinski definition) is 3. The van der Waals surface area contributed by atoms with Crippen LogP contribution in [-0.2, 0) is 6.42 Å². The lowest BCUT2D eigenvalue weighted by Crippen LogP contribution is -2.30. The van der Waals surface area contributed by atoms with Gasteiger partial charge in [0.2, 0.25) is 0 Å². The molecular weight excluding hydrogens is 368 g/mol. The number of aryl methyl sites for hydroxylation is 2. The van der Waals surface area contributed by atoms with E-state index in [2.05, 4.69) is 59.6 Å². The largest absolute Gasteiger partial charge is 0.371 e. The van der Waals surface area contributed by atoms with Crippen molar-refractivity contribution in [2.45, 2.75) is 38.6 Å². The number of likely N-dealkylation sites (N-methyl/N-ethyl adjacent to an activating group) is 1. The topological polar surface area (TPSA) is 33.4 Å². The number of nitrogens with zero attached hydrogens (tertiary/aromatic N) is 4. The monoisotopic (exact) mass is 390 g/mol. The Morgan fingerprint density at radius 1 is 1.14 bits per heavy atom. The Kier molecular flexibility index (Phi) is 4.06. The molecule has 5 rings (SSSR count). The molecule has 0 fully saturated rings. The van der Waals surface area contributed by atoms with Gasteiger partial charge in [0, 0.05) is 48.2 Å². The Hall–Kier alpha value is -2.59. The SMILES string of the molecule is Cc1ccc(Cl)c2nc(CCC3[C@@H](C)c4c(ccc5ncccc45)N3C)cn12. The van der Waals surface area contributed by atoms with Gasteiger partial charge in [-0.3, -0.25) is 4.98 Å². The third-order valence-electron chi connectivity index (χ3n) is 6.23. The van der Waals surface area contributed by atoms with Crippen LogP contribution in [0.1, 0.15) is 36.2 Å². The van der Waals surface area contributed by atoms with Crippen LogP contribution in [0.15, 0.2) is 48.8 Å². The molecule has 0 N–H and O–H groups in total. The first-order valence-electron chi connectivity index (χ1n) is 9.78. The molecule has 1 unspecified atom stereocenters. The van der Waals surface area contributed by atoms with E-state index in [1.54, 1.807) is 0 Å². The Balaban J connectivity index is 1.44. The van der Waals surface area contributed by atoms with Crippen molar-refractivity contribution >= 4 is 33.8 Å². The van der Waals surface area contributed by atoms with Gasteiger partial charge in [0.1, 0.15) is 0 Å². The molecule has 0 amide bonds. The third kappa shape index (κ3) is 2.59. The van der Waals surface area contributed by atoms with Crippen molar-refractivity contribution in [3.05, 3.63) is 70.8 Å². The number of benzene rings is 1. The molecule has 4 aromatic rings. The van der Waals surface area contributed by atoms with E-state index in [9.17, 15) is 0 Å². The number of halogens is 1. The Bertz CT molecular complexity index is 1160. The van der Waals surface area contributed by atoms with Gasteiger partial charge < -0.3 is 9.30 Å². The summed E-state index contributed by atoms with van der Waals surface area (Å²) in [4.78, 5) is 11.8. The van der Waals surface area contributed by atoms with Crippen molar-refractivity contribution in [3.8, 4) is 0 Å². The predicted octanol–water partition coefficient (Wildman–Crippen LogP) is 5.40. The fourth-order valence-electron chi connectivity index (χ4n) is 4.73. The molecule has 0 saturated heterocycles. The smallest absolute Gasteiger partial charge is 0.156 e. The summed E-state index contributed by atoms with van der Waals surface area (Å²) in [7, 11) is 2.21. The highest BCUT2D eigenvalue weighted by Crippen LogP contribution is 2.44. The summed E-state index contributed by atoms with van der Waals surface area (Å²) in [6.45, 7) is 4.42. The first-order chi connectivity index (χ1) is 13.5. The molecular formula is C23H23ClN4. The Labute approximate surface area is 169 Å². The average molecular weight is 391 g/mol. The summed E-state index contributed by atoms with van der Waals surface area (Å²) < 4.78 is 2.09. The lowest BCUT2D eigenvalue weighted by atomic mass is 9.91. The molecule has 5 heteroatoms. The summed E-state index contributed by atoms with van der Waals surface area (Å²) in [5, 5.41) is 1.98. The van der Waals surface area contributed by atoms with Crippen molar-refractivity contribution in [1.82, 2.24) is 14.4 Å². The van der Waals surface area contributed by atoms with Crippen molar-refractivity contribution in [2.75, 3.05) is 11.9 Å². The zero-order valence-corrected chi connectivity index (χ0v) is 17.1. The Morgan fingerprint density at radius 3 is 2.82 bits per heavy atom. The van der Waals surface area contributed by atoms with Crippen LogP contribution in [0.3, 0.4) is 0 Å². The summed E-state index contributed by atoms with van der Waals surface area (Å²) in [6, 6.07) is 13.0. The summed E-state index contributed by atoms with van der Waals surface area (Å²) >= 11 is 6.33. The van der Waals surface area contributed by atoms with Gasteiger partial charge in [0.05, 0.1) is 16.2 Å². The highest BCUT2D eigenvalue weighted by molar-refractivity contribution is 6.33. The molecule has 0 aliphatic carbocycles. The van der Waals surface area contributed by atoms with Crippen LogP contribution >= 0.6 is 11.6 Å². The number of pyridine rings is 2. The zero-order valence-electron chi connectivity index (χ0n) is 16.4. The van der Waals surface area contributed by atoms with Crippen LogP contribution in [0.4, 0.5) is 5.69 Å². The van der Waals surface area contributed by atoms with Crippen LogP contribution in [0, 0.1) is 6.92 Å². The van der Waals surface area contributed by atoms with Crippen molar-refractivity contribution in [2.24, 2.45) is 0 Å². The fourth-order valence-corrected chi connectivity index (χ4v) is 4.93. The molecule has 0 bridgehead atoms. The van der Waals surface area contributed by atoms with E-state index in [1.807, 2.05) is 24.4 Å². The van der Waals surface area contributed by atoms with Crippen molar-refractivity contribution in [1.29, 1.82) is 0 Å². The molecule has 0 radical (unpaired) electrons. The van der Waals surface area contributed by atoms with E-state index in [0.29, 0.717) is 17.0 Å². The second-order valence-electron chi connectivity index (χ2n) is 7.82. The molecule has 4 nitrogen and oxygen atoms in total. The Morgan fingerprint density at radius 2 is 2.00 bits per heavy atom. The number of rotatable bonds is 3. The standard InChI is InChI=1S/C23H23ClN4/c1-14-6-8-18(24)23-26-16(13-28(14)23)7-10-20-15(2)22-17-5-4-12-25-19(17)9-11-21(22)27(20)3/h4-6,8-9,11-13,15,20H,7,10H2,1-3H3/t15-,20?/m1/s1. The lowest BCUT2D eigenvalue weighted by molar-refractivity contribution is 0.536. The van der Waals surface area contributed by atoms with Crippen molar-refractivity contribution < 1.29 is 0 Å². The number of anilines is 1. The first kappa shape index (κ1) is 17.5. The van der Waals surface area contributed by atoms with Crippen LogP contribution in [0.2, 0.25) is 5.02 Å². The maximum Gasteiger partial charge on any atom is 0.156 e. The molecule has 28 heavy (non-hydrogen) atoms. The summed E-state index contributed by atoms with van der Waals surface area (Å²) in [5.41, 5.74) is 6.92. The third-order valence-corrected chi connectivity index (χ3v) is 6.53. The summed E-state index contributed by atoms with van der Waals surface area (Å²) in [6.07, 6.45) is 5.98. The number of aromatic nitrogens is 3. The van der Waals surface area contributed by atoms with Gasteiger partial charge in [-0.15, -0.1) is 0 Å². The molecule has 1 aliphatic heterocycles. The minimum absolute atomic E-state index is 0.446. The minimum Gasteiger partial charge on any atom is -0.371 e. The van der Waals surface area contributed by atoms with E-state index in [-0.39, 0.29) is 0 Å². The first-order valence-corrected chi connectivity index (χ1v) is 10.2. The molecule has 4 heterocycles. The van der Waals surface area contributed by atoms with Crippen molar-refractivity contribution in [3.63, 3.8) is 0 Å². The van der Waals surface area contributed by atoms with Crippen LogP contribution in [0.5, 0.6) is 0 Å². The van der Waals surface area contributed by atoms with Gasteiger partial charge in [-0.1, -0.05) is 24.6 Å². The van der Waals surface area contributed by atoms with Gasteiger partial charge in [0.25, 0.3) is 0 Å². The van der Waals surface area contributed by atoms with Crippen LogP contribution in [-0.4, -0.2) is 27.5 Å². The quantitative estimate of drug-likeness (QED) is 0.469. The van der Waals surface area contributed by atoms with E-state index < -0.39 is 0 Å². The van der Waals surface area contributed by atoms with E-state index in [0.717, 1.165) is 35.4 Å². The second-order valence-corrected chi connectivity index (χ2v) is 8.23. The summed E-state index contributed by atoms with van der Waals surface area (Å²) in [5.74, 6) is 0.454. The molecule has 0 saturated carbocycles. The highest BCUT2D eigenvalue weighted by atomic mass is 35.5. The highest BCUT2D eigenvalue weighted by Gasteiger charge is 2.34. The molecule has 3 aromatic heterocycles. The normalized spacial score (nSPS) is 18.9. The van der Waals surface area contributed by atoms with Gasteiger partial charge in [-0.2, -0.15) is 0 Å². The molecule has 0 spiro atoms. The molecule has 1 aliphatic rings. The molecule has 142 valence electrons. The van der Waals surface area contributed by atoms with Gasteiger partial charge in [-0.05, 0) is 55.7 Å².